The Morgan fingerprint density at radius 3 is 2.47 bits per heavy atom. The number of sulfonamides is 1. The van der Waals surface area contributed by atoms with E-state index in [1.165, 1.54) is 13.2 Å². The molecule has 7 heteroatoms. The fourth-order valence-electron chi connectivity index (χ4n) is 1.58. The zero-order valence-corrected chi connectivity index (χ0v) is 11.4. The van der Waals surface area contributed by atoms with E-state index in [0.717, 1.165) is 4.31 Å². The highest BCUT2D eigenvalue weighted by molar-refractivity contribution is 7.92. The summed E-state index contributed by atoms with van der Waals surface area (Å²) < 4.78 is 26.1. The van der Waals surface area contributed by atoms with Crippen molar-refractivity contribution in [1.29, 1.82) is 0 Å². The molecule has 2 heterocycles. The molecule has 0 aliphatic rings. The number of nitrogens with zero attached hydrogens (tertiary/aromatic N) is 3. The monoisotopic (exact) mass is 278 g/mol. The molecule has 2 aromatic heterocycles. The number of nitrogens with one attached hydrogen (secondary N) is 1. The van der Waals surface area contributed by atoms with E-state index in [9.17, 15) is 8.42 Å². The van der Waals surface area contributed by atoms with E-state index in [1.54, 1.807) is 43.6 Å². The molecule has 6 nitrogen and oxygen atoms in total. The molecule has 0 atom stereocenters. The van der Waals surface area contributed by atoms with Crippen LogP contribution >= 0.6 is 0 Å². The van der Waals surface area contributed by atoms with Crippen LogP contribution in [0.2, 0.25) is 0 Å². The fourth-order valence-corrected chi connectivity index (χ4v) is 2.84. The Balaban J connectivity index is 2.48. The van der Waals surface area contributed by atoms with E-state index in [-0.39, 0.29) is 5.03 Å². The van der Waals surface area contributed by atoms with Crippen LogP contribution in [0.4, 0.5) is 11.5 Å². The van der Waals surface area contributed by atoms with Crippen molar-refractivity contribution in [3.63, 3.8) is 0 Å². The summed E-state index contributed by atoms with van der Waals surface area (Å²) in [6.45, 7) is 0. The predicted molar refractivity (Wildman–Crippen MR) is 73.6 cm³/mol. The first kappa shape index (κ1) is 13.3. The van der Waals surface area contributed by atoms with E-state index < -0.39 is 10.0 Å². The van der Waals surface area contributed by atoms with Crippen molar-refractivity contribution >= 4 is 21.5 Å². The van der Waals surface area contributed by atoms with Crippen molar-refractivity contribution in [2.24, 2.45) is 0 Å². The number of hydrogen-bond donors (Lipinski definition) is 1. The molecule has 0 saturated heterocycles. The molecule has 0 aromatic carbocycles. The van der Waals surface area contributed by atoms with Crippen molar-refractivity contribution in [1.82, 2.24) is 9.97 Å². The maximum absolute atomic E-state index is 12.5. The van der Waals surface area contributed by atoms with Gasteiger partial charge in [-0.2, -0.15) is 8.42 Å². The molecule has 0 unspecified atom stereocenters. The van der Waals surface area contributed by atoms with Gasteiger partial charge in [0.25, 0.3) is 10.0 Å². The molecular weight excluding hydrogens is 264 g/mol. The average Bonchev–Trinajstić information content (AvgIpc) is 2.47. The van der Waals surface area contributed by atoms with Crippen molar-refractivity contribution in [3.05, 3.63) is 42.7 Å². The molecule has 0 fully saturated rings. The Morgan fingerprint density at radius 2 is 1.84 bits per heavy atom. The molecule has 0 radical (unpaired) electrons. The highest BCUT2D eigenvalue weighted by Gasteiger charge is 2.26. The topological polar surface area (TPSA) is 75.2 Å². The van der Waals surface area contributed by atoms with Crippen LogP contribution in [0.1, 0.15) is 0 Å². The van der Waals surface area contributed by atoms with Crippen molar-refractivity contribution in [2.75, 3.05) is 23.7 Å². The van der Waals surface area contributed by atoms with Crippen molar-refractivity contribution in [3.8, 4) is 0 Å². The van der Waals surface area contributed by atoms with Gasteiger partial charge in [-0.3, -0.25) is 4.31 Å². The van der Waals surface area contributed by atoms with Crippen molar-refractivity contribution < 1.29 is 8.42 Å². The predicted octanol–water partition coefficient (Wildman–Crippen LogP) is 1.34. The van der Waals surface area contributed by atoms with Crippen molar-refractivity contribution in [2.45, 2.75) is 5.03 Å². The molecule has 2 aromatic rings. The lowest BCUT2D eigenvalue weighted by Crippen LogP contribution is -2.28. The minimum absolute atomic E-state index is 0.0225. The molecule has 0 aliphatic carbocycles. The molecule has 1 N–H and O–H groups in total. The second kappa shape index (κ2) is 5.23. The van der Waals surface area contributed by atoms with Gasteiger partial charge in [-0.25, -0.2) is 9.97 Å². The van der Waals surface area contributed by atoms with Gasteiger partial charge in [-0.15, -0.1) is 0 Å². The zero-order valence-electron chi connectivity index (χ0n) is 10.6. The number of pyridine rings is 2. The van der Waals surface area contributed by atoms with E-state index in [1.807, 2.05) is 0 Å². The Labute approximate surface area is 112 Å². The fraction of sp³-hybridized carbons (Fsp3) is 0.167. The van der Waals surface area contributed by atoms with Gasteiger partial charge in [0.1, 0.15) is 5.82 Å². The van der Waals surface area contributed by atoms with Gasteiger partial charge < -0.3 is 5.32 Å². The van der Waals surface area contributed by atoms with E-state index in [2.05, 4.69) is 15.3 Å². The molecule has 0 spiro atoms. The van der Waals surface area contributed by atoms with Gasteiger partial charge >= 0.3 is 0 Å². The van der Waals surface area contributed by atoms with Crippen LogP contribution in [0.5, 0.6) is 0 Å². The molecule has 100 valence electrons. The second-order valence-corrected chi connectivity index (χ2v) is 5.65. The Bertz CT molecular complexity index is 658. The molecular formula is C12H14N4O2S. The van der Waals surface area contributed by atoms with Gasteiger partial charge in [-0.1, -0.05) is 6.07 Å². The third kappa shape index (κ3) is 2.50. The number of hydrogen-bond acceptors (Lipinski definition) is 5. The minimum atomic E-state index is -3.74. The first-order chi connectivity index (χ1) is 9.07. The SMILES string of the molecule is CNc1cccnc1S(=O)(=O)N(C)c1ccccn1. The quantitative estimate of drug-likeness (QED) is 0.913. The van der Waals surface area contributed by atoms with Crippen LogP contribution in [-0.4, -0.2) is 32.5 Å². The third-order valence-corrected chi connectivity index (χ3v) is 4.34. The summed E-state index contributed by atoms with van der Waals surface area (Å²) in [5.74, 6) is 0.343. The highest BCUT2D eigenvalue weighted by atomic mass is 32.2. The molecule has 0 saturated carbocycles. The van der Waals surface area contributed by atoms with Gasteiger partial charge in [0.05, 0.1) is 5.69 Å². The Hall–Kier alpha value is -2.15. The second-order valence-electron chi connectivity index (χ2n) is 3.77. The summed E-state index contributed by atoms with van der Waals surface area (Å²) in [5.41, 5.74) is 0.449. The molecule has 0 amide bonds. The van der Waals surface area contributed by atoms with E-state index >= 15 is 0 Å². The number of anilines is 2. The minimum Gasteiger partial charge on any atom is -0.386 e. The summed E-state index contributed by atoms with van der Waals surface area (Å²) in [7, 11) is -0.638. The summed E-state index contributed by atoms with van der Waals surface area (Å²) in [5, 5.41) is 2.80. The molecule has 2 rings (SSSR count). The normalized spacial score (nSPS) is 11.1. The van der Waals surface area contributed by atoms with Crippen LogP contribution in [0, 0.1) is 0 Å². The van der Waals surface area contributed by atoms with E-state index in [4.69, 9.17) is 0 Å². The third-order valence-electron chi connectivity index (χ3n) is 2.62. The molecule has 0 aliphatic heterocycles. The summed E-state index contributed by atoms with van der Waals surface area (Å²) in [4.78, 5) is 7.97. The largest absolute Gasteiger partial charge is 0.386 e. The average molecular weight is 278 g/mol. The van der Waals surface area contributed by atoms with Crippen LogP contribution in [-0.2, 0) is 10.0 Å². The Kier molecular flexibility index (Phi) is 3.66. The first-order valence-electron chi connectivity index (χ1n) is 5.60. The molecule has 19 heavy (non-hydrogen) atoms. The lowest BCUT2D eigenvalue weighted by molar-refractivity contribution is 0.590. The van der Waals surface area contributed by atoms with Gasteiger partial charge in [0.2, 0.25) is 0 Å². The lowest BCUT2D eigenvalue weighted by atomic mass is 10.4. The van der Waals surface area contributed by atoms with Crippen LogP contribution < -0.4 is 9.62 Å². The maximum atomic E-state index is 12.5. The molecule has 0 bridgehead atoms. The first-order valence-corrected chi connectivity index (χ1v) is 7.04. The standard InChI is InChI=1S/C12H14N4O2S/c1-13-10-6-5-9-15-12(10)19(17,18)16(2)11-7-3-4-8-14-11/h3-9,13H,1-2H3. The smallest absolute Gasteiger partial charge is 0.284 e. The van der Waals surface area contributed by atoms with Crippen LogP contribution in [0.25, 0.3) is 0 Å². The zero-order chi connectivity index (χ0) is 13.9. The summed E-state index contributed by atoms with van der Waals surface area (Å²) in [6.07, 6.45) is 2.98. The van der Waals surface area contributed by atoms with Gasteiger partial charge in [-0.05, 0) is 24.3 Å². The van der Waals surface area contributed by atoms with Gasteiger partial charge in [0, 0.05) is 26.5 Å². The van der Waals surface area contributed by atoms with Crippen LogP contribution in [0.3, 0.4) is 0 Å². The Morgan fingerprint density at radius 1 is 1.11 bits per heavy atom. The lowest BCUT2D eigenvalue weighted by Gasteiger charge is -2.19. The van der Waals surface area contributed by atoms with Gasteiger partial charge in [0.15, 0.2) is 5.03 Å². The van der Waals surface area contributed by atoms with Crippen LogP contribution in [0.15, 0.2) is 47.8 Å². The summed E-state index contributed by atoms with van der Waals surface area (Å²) in [6, 6.07) is 8.41. The maximum Gasteiger partial charge on any atom is 0.284 e. The number of aromatic nitrogens is 2. The van der Waals surface area contributed by atoms with E-state index in [0.29, 0.717) is 11.5 Å². The highest BCUT2D eigenvalue weighted by Crippen LogP contribution is 2.23. The number of rotatable bonds is 4. The summed E-state index contributed by atoms with van der Waals surface area (Å²) >= 11 is 0.